The van der Waals surface area contributed by atoms with Crippen LogP contribution in [0.4, 0.5) is 0 Å². The van der Waals surface area contributed by atoms with E-state index in [9.17, 15) is 15.0 Å². The van der Waals surface area contributed by atoms with Crippen molar-refractivity contribution in [3.8, 4) is 0 Å². The lowest BCUT2D eigenvalue weighted by atomic mass is 9.30. The van der Waals surface area contributed by atoms with Gasteiger partial charge in [-0.3, -0.25) is 4.79 Å². The van der Waals surface area contributed by atoms with Crippen molar-refractivity contribution in [3.05, 3.63) is 0 Å². The number of Topliss-reactive ketones (excluding diaryl/α,β-unsaturated/α-hetero) is 1. The molecule has 5 fully saturated rings. The summed E-state index contributed by atoms with van der Waals surface area (Å²) >= 11 is 0. The first-order chi connectivity index (χ1) is 15.1. The van der Waals surface area contributed by atoms with Crippen molar-refractivity contribution in [2.45, 2.75) is 125 Å². The number of ketones is 1. The SMILES string of the molecule is C[C@H]1C(=O)[C@@H](O)C[C@H]2[C@]3(C)CC[C@@]4(C)[C@@H]5CC(C)(C)[C@H](O)C[C@]5(C)CC[C@]4(C)[C@@H]3CC[C@]21C. The molecular weight excluding hydrogens is 408 g/mol. The average Bonchev–Trinajstić information content (AvgIpc) is 2.72. The smallest absolute Gasteiger partial charge is 0.164 e. The molecule has 188 valence electrons. The van der Waals surface area contributed by atoms with E-state index < -0.39 is 6.10 Å². The molecule has 0 unspecified atom stereocenters. The van der Waals surface area contributed by atoms with Crippen LogP contribution in [0.5, 0.6) is 0 Å². The molecule has 0 bridgehead atoms. The molecule has 3 heteroatoms. The van der Waals surface area contributed by atoms with Crippen LogP contribution in [0.3, 0.4) is 0 Å². The van der Waals surface area contributed by atoms with Gasteiger partial charge in [0.2, 0.25) is 0 Å². The molecule has 0 heterocycles. The molecule has 5 aliphatic rings. The number of aliphatic hydroxyl groups is 2. The maximum Gasteiger partial charge on any atom is 0.164 e. The Balaban J connectivity index is 1.55. The minimum absolute atomic E-state index is 0.0133. The highest BCUT2D eigenvalue weighted by atomic mass is 16.3. The van der Waals surface area contributed by atoms with Crippen molar-refractivity contribution in [3.63, 3.8) is 0 Å². The molecular formula is C30H50O3. The highest BCUT2D eigenvalue weighted by Crippen LogP contribution is 2.78. The maximum absolute atomic E-state index is 12.8. The summed E-state index contributed by atoms with van der Waals surface area (Å²) in [5, 5.41) is 21.7. The first-order valence-electron chi connectivity index (χ1n) is 14.0. The normalized spacial score (nSPS) is 60.2. The lowest BCUT2D eigenvalue weighted by Crippen LogP contribution is -2.69. The number of hydrogen-bond acceptors (Lipinski definition) is 3. The maximum atomic E-state index is 12.8. The van der Waals surface area contributed by atoms with Gasteiger partial charge < -0.3 is 10.2 Å². The first kappa shape index (κ1) is 24.3. The van der Waals surface area contributed by atoms with Gasteiger partial charge in [-0.1, -0.05) is 55.4 Å². The zero-order valence-corrected chi connectivity index (χ0v) is 22.6. The Labute approximate surface area is 202 Å². The predicted octanol–water partition coefficient (Wildman–Crippen LogP) is 6.40. The molecule has 3 nitrogen and oxygen atoms in total. The summed E-state index contributed by atoms with van der Waals surface area (Å²) in [7, 11) is 0. The van der Waals surface area contributed by atoms with Crippen molar-refractivity contribution in [1.29, 1.82) is 0 Å². The van der Waals surface area contributed by atoms with Gasteiger partial charge in [-0.15, -0.1) is 0 Å². The summed E-state index contributed by atoms with van der Waals surface area (Å²) in [6.45, 7) is 19.3. The monoisotopic (exact) mass is 458 g/mol. The largest absolute Gasteiger partial charge is 0.393 e. The number of carbonyl (C=O) groups excluding carboxylic acids is 1. The van der Waals surface area contributed by atoms with Gasteiger partial charge >= 0.3 is 0 Å². The lowest BCUT2D eigenvalue weighted by Gasteiger charge is -2.75. The third-order valence-electron chi connectivity index (χ3n) is 13.9. The third kappa shape index (κ3) is 2.85. The number of aliphatic hydroxyl groups excluding tert-OH is 2. The highest BCUT2D eigenvalue weighted by Gasteiger charge is 2.71. The standard InChI is InChI=1S/C30H50O3/c1-18-24(33)19(31)15-21-27(18,5)10-9-20-28(21,6)12-14-30(8)22-16-25(2,3)23(32)17-26(22,4)11-13-29(20,30)7/h18-23,31-32H,9-17H2,1-8H3/t18-,19-,20+,21+,22+,23+,26-,27-,28+,29+,30-/m0/s1. The molecule has 5 aliphatic carbocycles. The Morgan fingerprint density at radius 3 is 2.00 bits per heavy atom. The molecule has 0 aromatic rings. The van der Waals surface area contributed by atoms with E-state index in [1.807, 2.05) is 0 Å². The van der Waals surface area contributed by atoms with Crippen LogP contribution in [-0.4, -0.2) is 28.2 Å². The van der Waals surface area contributed by atoms with Gasteiger partial charge in [-0.2, -0.15) is 0 Å². The molecule has 11 atom stereocenters. The van der Waals surface area contributed by atoms with E-state index in [1.165, 1.54) is 32.1 Å². The minimum atomic E-state index is -0.773. The van der Waals surface area contributed by atoms with Gasteiger partial charge in [0.1, 0.15) is 6.10 Å². The Bertz CT molecular complexity index is 849. The van der Waals surface area contributed by atoms with Crippen molar-refractivity contribution < 1.29 is 15.0 Å². The third-order valence-corrected chi connectivity index (χ3v) is 13.9. The molecule has 0 amide bonds. The van der Waals surface area contributed by atoms with Gasteiger partial charge in [0.25, 0.3) is 0 Å². The minimum Gasteiger partial charge on any atom is -0.393 e. The second-order valence-electron chi connectivity index (χ2n) is 15.5. The Morgan fingerprint density at radius 1 is 0.727 bits per heavy atom. The molecule has 0 radical (unpaired) electrons. The van der Waals surface area contributed by atoms with Gasteiger partial charge in [0.15, 0.2) is 5.78 Å². The van der Waals surface area contributed by atoms with Crippen LogP contribution in [0.1, 0.15) is 113 Å². The fourth-order valence-corrected chi connectivity index (χ4v) is 11.2. The van der Waals surface area contributed by atoms with E-state index in [4.69, 9.17) is 0 Å². The molecule has 2 N–H and O–H groups in total. The van der Waals surface area contributed by atoms with Gasteiger partial charge in [0.05, 0.1) is 6.10 Å². The number of hydrogen-bond donors (Lipinski definition) is 2. The molecule has 0 aliphatic heterocycles. The second-order valence-corrected chi connectivity index (χ2v) is 15.5. The molecule has 5 saturated carbocycles. The van der Waals surface area contributed by atoms with Crippen LogP contribution >= 0.6 is 0 Å². The molecule has 0 saturated heterocycles. The predicted molar refractivity (Wildman–Crippen MR) is 133 cm³/mol. The van der Waals surface area contributed by atoms with Crippen molar-refractivity contribution in [2.24, 2.45) is 56.2 Å². The summed E-state index contributed by atoms with van der Waals surface area (Å²) in [5.74, 6) is 1.76. The van der Waals surface area contributed by atoms with E-state index in [1.54, 1.807) is 0 Å². The fourth-order valence-electron chi connectivity index (χ4n) is 11.2. The second kappa shape index (κ2) is 6.87. The lowest BCUT2D eigenvalue weighted by molar-refractivity contribution is -0.266. The van der Waals surface area contributed by atoms with Crippen molar-refractivity contribution >= 4 is 5.78 Å². The Kier molecular flexibility index (Phi) is 5.06. The zero-order chi connectivity index (χ0) is 24.4. The van der Waals surface area contributed by atoms with E-state index in [2.05, 4.69) is 55.4 Å². The van der Waals surface area contributed by atoms with E-state index in [0.29, 0.717) is 24.2 Å². The summed E-state index contributed by atoms with van der Waals surface area (Å²) in [5.41, 5.74) is 0.993. The Hall–Kier alpha value is -0.410. The van der Waals surface area contributed by atoms with Gasteiger partial charge in [-0.25, -0.2) is 0 Å². The van der Waals surface area contributed by atoms with Crippen molar-refractivity contribution in [2.75, 3.05) is 0 Å². The van der Waals surface area contributed by atoms with Gasteiger partial charge in [0, 0.05) is 5.92 Å². The quantitative estimate of drug-likeness (QED) is 0.442. The van der Waals surface area contributed by atoms with Gasteiger partial charge in [-0.05, 0) is 108 Å². The first-order valence-corrected chi connectivity index (χ1v) is 14.0. The summed E-state index contributed by atoms with van der Waals surface area (Å²) in [6, 6.07) is 0. The summed E-state index contributed by atoms with van der Waals surface area (Å²) in [6.07, 6.45) is 9.06. The fraction of sp³-hybridized carbons (Fsp3) is 0.967. The highest BCUT2D eigenvalue weighted by molar-refractivity contribution is 5.86. The van der Waals surface area contributed by atoms with E-state index in [0.717, 1.165) is 19.3 Å². The molecule has 5 rings (SSSR count). The number of rotatable bonds is 0. The Morgan fingerprint density at radius 2 is 1.33 bits per heavy atom. The van der Waals surface area contributed by atoms with Crippen LogP contribution in [0.15, 0.2) is 0 Å². The molecule has 33 heavy (non-hydrogen) atoms. The summed E-state index contributed by atoms with van der Waals surface area (Å²) in [4.78, 5) is 12.8. The van der Waals surface area contributed by atoms with Crippen LogP contribution in [-0.2, 0) is 4.79 Å². The molecule has 0 aromatic carbocycles. The summed E-state index contributed by atoms with van der Waals surface area (Å²) < 4.78 is 0. The van der Waals surface area contributed by atoms with Crippen LogP contribution in [0.2, 0.25) is 0 Å². The average molecular weight is 459 g/mol. The molecule has 0 spiro atoms. The van der Waals surface area contributed by atoms with Crippen molar-refractivity contribution in [1.82, 2.24) is 0 Å². The van der Waals surface area contributed by atoms with E-state index >= 15 is 0 Å². The zero-order valence-electron chi connectivity index (χ0n) is 22.6. The van der Waals surface area contributed by atoms with Crippen LogP contribution < -0.4 is 0 Å². The van der Waals surface area contributed by atoms with Crippen LogP contribution in [0.25, 0.3) is 0 Å². The molecule has 0 aromatic heterocycles. The number of fused-ring (bicyclic) bond motifs is 7. The topological polar surface area (TPSA) is 57.5 Å². The van der Waals surface area contributed by atoms with Crippen LogP contribution in [0, 0.1) is 56.2 Å². The van der Waals surface area contributed by atoms with E-state index in [-0.39, 0.29) is 50.3 Å². The number of carbonyl (C=O) groups is 1.